The summed E-state index contributed by atoms with van der Waals surface area (Å²) in [5.41, 5.74) is -4.84. The van der Waals surface area contributed by atoms with Gasteiger partial charge in [0.05, 0.1) is 12.2 Å². The normalized spacial score (nSPS) is 47.1. The van der Waals surface area contributed by atoms with Crippen molar-refractivity contribution in [3.63, 3.8) is 0 Å². The van der Waals surface area contributed by atoms with E-state index in [4.69, 9.17) is 9.47 Å². The maximum absolute atomic E-state index is 17.4. The van der Waals surface area contributed by atoms with Gasteiger partial charge in [-0.25, -0.2) is 13.2 Å². The van der Waals surface area contributed by atoms with Gasteiger partial charge in [0, 0.05) is 22.3 Å². The van der Waals surface area contributed by atoms with Crippen molar-refractivity contribution < 1.29 is 37.3 Å². The number of carbonyl (C=O) groups excluding carboxylic acids is 2. The molecule has 1 aromatic rings. The fourth-order valence-corrected chi connectivity index (χ4v) is 9.05. The quantitative estimate of drug-likeness (QED) is 0.556. The van der Waals surface area contributed by atoms with Crippen molar-refractivity contribution in [2.24, 2.45) is 22.7 Å². The Labute approximate surface area is 223 Å². The van der Waals surface area contributed by atoms with E-state index in [0.717, 1.165) is 11.6 Å². The number of aliphatic hydroxyl groups is 1. The third kappa shape index (κ3) is 3.13. The van der Waals surface area contributed by atoms with Gasteiger partial charge in [0.25, 0.3) is 0 Å². The molecule has 0 radical (unpaired) electrons. The molecule has 10 atom stereocenters. The number of thioether (sulfide) groups is 1. The summed E-state index contributed by atoms with van der Waals surface area (Å²) >= 11 is 0.480. The maximum Gasteiger partial charge on any atom is 0.226 e. The molecule has 6 rings (SSSR count). The van der Waals surface area contributed by atoms with Crippen LogP contribution in [0.15, 0.2) is 48.1 Å². The van der Waals surface area contributed by atoms with Crippen LogP contribution in [0.4, 0.5) is 13.2 Å². The average Bonchev–Trinajstić information content (AvgIpc) is 3.37. The van der Waals surface area contributed by atoms with Crippen LogP contribution in [-0.4, -0.2) is 51.7 Å². The topological polar surface area (TPSA) is 72.8 Å². The summed E-state index contributed by atoms with van der Waals surface area (Å²) in [5.74, 6) is -1.99. The fraction of sp³-hybridized carbons (Fsp3) is 0.586. The number of halogens is 3. The molecule has 0 bridgehead atoms. The average molecular weight is 549 g/mol. The van der Waals surface area contributed by atoms with Gasteiger partial charge in [0.2, 0.25) is 5.12 Å². The summed E-state index contributed by atoms with van der Waals surface area (Å²) < 4.78 is 59.4. The number of ether oxygens (including phenoxy) is 2. The molecule has 4 fully saturated rings. The van der Waals surface area contributed by atoms with Crippen molar-refractivity contribution in [2.45, 2.75) is 76.0 Å². The molecule has 1 heterocycles. The Morgan fingerprint density at radius 3 is 2.58 bits per heavy atom. The molecule has 0 spiro atoms. The molecular formula is C29H31F3O5S. The zero-order chi connectivity index (χ0) is 27.3. The third-order valence-electron chi connectivity index (χ3n) is 10.2. The molecule has 4 aliphatic carbocycles. The number of fused-ring (bicyclic) bond motifs is 7. The van der Waals surface area contributed by atoms with Crippen molar-refractivity contribution in [1.82, 2.24) is 0 Å². The number of alkyl halides is 3. The summed E-state index contributed by atoms with van der Waals surface area (Å²) in [5, 5.41) is 11.0. The Kier molecular flexibility index (Phi) is 5.90. The van der Waals surface area contributed by atoms with Crippen LogP contribution in [0.25, 0.3) is 0 Å². The van der Waals surface area contributed by atoms with Crippen molar-refractivity contribution >= 4 is 22.7 Å². The van der Waals surface area contributed by atoms with Crippen LogP contribution in [0.1, 0.15) is 50.5 Å². The van der Waals surface area contributed by atoms with E-state index in [0.29, 0.717) is 17.3 Å². The molecule has 3 saturated carbocycles. The molecule has 5 aliphatic rings. The highest BCUT2D eigenvalue weighted by Crippen LogP contribution is 2.73. The maximum atomic E-state index is 17.4. The van der Waals surface area contributed by atoms with Crippen LogP contribution in [-0.2, 0) is 19.1 Å². The summed E-state index contributed by atoms with van der Waals surface area (Å²) in [6, 6.07) is 6.49. The van der Waals surface area contributed by atoms with Crippen LogP contribution in [0.2, 0.25) is 0 Å². The molecule has 38 heavy (non-hydrogen) atoms. The highest BCUT2D eigenvalue weighted by Gasteiger charge is 2.80. The van der Waals surface area contributed by atoms with Gasteiger partial charge >= 0.3 is 0 Å². The van der Waals surface area contributed by atoms with Gasteiger partial charge in [0.15, 0.2) is 23.3 Å². The summed E-state index contributed by atoms with van der Waals surface area (Å²) in [6.45, 7) is 5.23. The molecule has 1 aliphatic heterocycles. The molecule has 7 unspecified atom stereocenters. The first-order valence-electron chi connectivity index (χ1n) is 13.0. The van der Waals surface area contributed by atoms with Gasteiger partial charge in [-0.15, -0.1) is 0 Å². The van der Waals surface area contributed by atoms with Crippen molar-refractivity contribution in [3.8, 4) is 0 Å². The molecule has 1 saturated heterocycles. The Balaban J connectivity index is 1.44. The Bertz CT molecular complexity index is 1250. The lowest BCUT2D eigenvalue weighted by molar-refractivity contribution is -0.232. The van der Waals surface area contributed by atoms with Gasteiger partial charge < -0.3 is 14.6 Å². The van der Waals surface area contributed by atoms with E-state index in [2.05, 4.69) is 0 Å². The van der Waals surface area contributed by atoms with Gasteiger partial charge in [0.1, 0.15) is 12.2 Å². The van der Waals surface area contributed by atoms with Crippen molar-refractivity contribution in [1.29, 1.82) is 0 Å². The van der Waals surface area contributed by atoms with Crippen LogP contribution >= 0.6 is 11.8 Å². The van der Waals surface area contributed by atoms with Gasteiger partial charge in [-0.3, -0.25) is 9.59 Å². The second-order valence-electron chi connectivity index (χ2n) is 11.9. The van der Waals surface area contributed by atoms with E-state index in [1.165, 1.54) is 19.1 Å². The van der Waals surface area contributed by atoms with E-state index < -0.39 is 75.5 Å². The summed E-state index contributed by atoms with van der Waals surface area (Å²) in [6.07, 6.45) is -1.35. The lowest BCUT2D eigenvalue weighted by Gasteiger charge is -2.63. The number of aliphatic hydroxyl groups excluding tert-OH is 1. The first-order chi connectivity index (χ1) is 17.9. The number of benzene rings is 1. The number of allylic oxidation sites excluding steroid dienone is 4. The SMILES string of the molecule is Cc1ccc(C2O[C@@H]3CC4C5C[C@H](F)C6=CC(=O)C=CC6(C)[C@@]5(F)C(O)CC4(C)C3(C(=O)SCF)O2)cc1. The van der Waals surface area contributed by atoms with Crippen molar-refractivity contribution in [2.75, 3.05) is 6.01 Å². The molecule has 0 aromatic heterocycles. The number of rotatable bonds is 3. The van der Waals surface area contributed by atoms with Crippen LogP contribution < -0.4 is 0 Å². The smallest absolute Gasteiger partial charge is 0.226 e. The Hall–Kier alpha value is -1.94. The largest absolute Gasteiger partial charge is 0.390 e. The number of ketones is 1. The minimum Gasteiger partial charge on any atom is -0.390 e. The summed E-state index contributed by atoms with van der Waals surface area (Å²) in [7, 11) is 0. The predicted octanol–water partition coefficient (Wildman–Crippen LogP) is 5.26. The second-order valence-corrected chi connectivity index (χ2v) is 12.7. The molecular weight excluding hydrogens is 517 g/mol. The van der Waals surface area contributed by atoms with Crippen LogP contribution in [0, 0.1) is 29.6 Å². The Morgan fingerprint density at radius 2 is 1.89 bits per heavy atom. The number of hydrogen-bond donors (Lipinski definition) is 1. The van der Waals surface area contributed by atoms with E-state index >= 15 is 8.78 Å². The van der Waals surface area contributed by atoms with Crippen molar-refractivity contribution in [3.05, 3.63) is 59.2 Å². The highest BCUT2D eigenvalue weighted by atomic mass is 32.2. The Morgan fingerprint density at radius 1 is 1.18 bits per heavy atom. The van der Waals surface area contributed by atoms with Gasteiger partial charge in [-0.2, -0.15) is 0 Å². The zero-order valence-electron chi connectivity index (χ0n) is 21.5. The molecule has 5 nitrogen and oxygen atoms in total. The van der Waals surface area contributed by atoms with E-state index in [9.17, 15) is 19.1 Å². The molecule has 0 amide bonds. The molecule has 204 valence electrons. The molecule has 1 aromatic carbocycles. The lowest BCUT2D eigenvalue weighted by atomic mass is 9.44. The van der Waals surface area contributed by atoms with Crippen LogP contribution in [0.3, 0.4) is 0 Å². The first kappa shape index (κ1) is 26.3. The summed E-state index contributed by atoms with van der Waals surface area (Å²) in [4.78, 5) is 25.7. The minimum atomic E-state index is -2.28. The highest BCUT2D eigenvalue weighted by molar-refractivity contribution is 8.13. The van der Waals surface area contributed by atoms with Gasteiger partial charge in [-0.05, 0) is 56.8 Å². The minimum absolute atomic E-state index is 0.0373. The third-order valence-corrected chi connectivity index (χ3v) is 10.9. The zero-order valence-corrected chi connectivity index (χ0v) is 22.3. The monoisotopic (exact) mass is 548 g/mol. The van der Waals surface area contributed by atoms with Gasteiger partial charge in [-0.1, -0.05) is 54.6 Å². The van der Waals surface area contributed by atoms with E-state index in [1.54, 1.807) is 6.92 Å². The first-order valence-corrected chi connectivity index (χ1v) is 14.0. The lowest BCUT2D eigenvalue weighted by Crippen LogP contribution is -2.70. The standard InChI is InChI=1S/C29H31F3O5S/c1-15-4-6-16(7-5-15)24-36-23-12-18-19-11-21(31)20-10-17(33)8-9-26(20,2)28(19,32)22(34)13-27(18,3)29(23,37-24)25(35)38-14-30/h4-10,18-19,21-24,34H,11-14H2,1-3H3/t18?,19?,21-,22?,23+,24?,26?,27?,28-,29?/m0/s1. The fourth-order valence-electron chi connectivity index (χ4n) is 8.33. The second kappa shape index (κ2) is 8.53. The molecule has 9 heteroatoms. The number of hydrogen-bond acceptors (Lipinski definition) is 6. The van der Waals surface area contributed by atoms with Crippen LogP contribution in [0.5, 0.6) is 0 Å². The molecule has 1 N–H and O–H groups in total. The number of aryl methyl sites for hydroxylation is 1. The number of carbonyl (C=O) groups is 2. The van der Waals surface area contributed by atoms with E-state index in [1.807, 2.05) is 31.2 Å². The predicted molar refractivity (Wildman–Crippen MR) is 135 cm³/mol. The van der Waals surface area contributed by atoms with E-state index in [-0.39, 0.29) is 24.8 Å².